The number of ether oxygens (including phenoxy) is 1. The van der Waals surface area contributed by atoms with E-state index in [-0.39, 0.29) is 11.9 Å². The lowest BCUT2D eigenvalue weighted by Crippen LogP contribution is -2.38. The molecule has 0 spiro atoms. The Balaban J connectivity index is 1.71. The molecule has 0 aromatic heterocycles. The molecule has 0 aliphatic carbocycles. The van der Waals surface area contributed by atoms with Crippen molar-refractivity contribution in [1.29, 1.82) is 0 Å². The van der Waals surface area contributed by atoms with Crippen molar-refractivity contribution >= 4 is 11.9 Å². The van der Waals surface area contributed by atoms with Gasteiger partial charge in [-0.15, -0.1) is 0 Å². The van der Waals surface area contributed by atoms with E-state index in [2.05, 4.69) is 17.4 Å². The molecule has 6 heteroatoms. The minimum Gasteiger partial charge on any atom is -0.491 e. The minimum atomic E-state index is -0.116. The van der Waals surface area contributed by atoms with Crippen LogP contribution in [0.2, 0.25) is 0 Å². The van der Waals surface area contributed by atoms with Gasteiger partial charge in [0, 0.05) is 32.6 Å². The van der Waals surface area contributed by atoms with Crippen molar-refractivity contribution in [1.82, 2.24) is 15.1 Å². The van der Waals surface area contributed by atoms with Crippen LogP contribution in [-0.2, 0) is 24.3 Å². The number of hydrogen-bond acceptors (Lipinski definition) is 3. The summed E-state index contributed by atoms with van der Waals surface area (Å²) in [6, 6.07) is 16.0. The average Bonchev–Trinajstić information content (AvgIpc) is 2.93. The second-order valence-corrected chi connectivity index (χ2v) is 6.94. The van der Waals surface area contributed by atoms with Gasteiger partial charge in [0.1, 0.15) is 12.4 Å². The third-order valence-corrected chi connectivity index (χ3v) is 4.94. The predicted octanol–water partition coefficient (Wildman–Crippen LogP) is 2.81. The lowest BCUT2D eigenvalue weighted by atomic mass is 10.1. The molecule has 2 aromatic rings. The second kappa shape index (κ2) is 9.26. The Bertz CT molecular complexity index is 823. The summed E-state index contributed by atoms with van der Waals surface area (Å²) >= 11 is 0. The molecule has 1 aliphatic heterocycles. The molecule has 148 valence electrons. The van der Waals surface area contributed by atoms with Crippen LogP contribution in [0.4, 0.5) is 4.79 Å². The first kappa shape index (κ1) is 19.7. The molecule has 1 aliphatic rings. The predicted molar refractivity (Wildman–Crippen MR) is 108 cm³/mol. The number of rotatable bonds is 5. The molecule has 0 saturated carbocycles. The van der Waals surface area contributed by atoms with Gasteiger partial charge in [-0.3, -0.25) is 4.79 Å². The zero-order valence-electron chi connectivity index (χ0n) is 16.5. The fraction of sp³-hybridized carbons (Fsp3) is 0.364. The van der Waals surface area contributed by atoms with Gasteiger partial charge in [-0.2, -0.15) is 0 Å². The van der Waals surface area contributed by atoms with Gasteiger partial charge >= 0.3 is 6.03 Å². The fourth-order valence-corrected chi connectivity index (χ4v) is 3.35. The van der Waals surface area contributed by atoms with Crippen molar-refractivity contribution in [3.8, 4) is 5.75 Å². The number of amides is 3. The highest BCUT2D eigenvalue weighted by molar-refractivity contribution is 5.74. The maximum Gasteiger partial charge on any atom is 0.317 e. The number of carbonyl (C=O) groups is 2. The normalized spacial score (nSPS) is 13.1. The van der Waals surface area contributed by atoms with Gasteiger partial charge in [-0.25, -0.2) is 4.79 Å². The summed E-state index contributed by atoms with van der Waals surface area (Å²) < 4.78 is 5.78. The Morgan fingerprint density at radius 1 is 1.14 bits per heavy atom. The monoisotopic (exact) mass is 381 g/mol. The fourth-order valence-electron chi connectivity index (χ4n) is 3.35. The third-order valence-electron chi connectivity index (χ3n) is 4.94. The molecule has 3 amide bonds. The molecule has 0 radical (unpaired) electrons. The Hall–Kier alpha value is -3.02. The standard InChI is InChI=1S/C22H27N3O3/c1-17(26)24(11-10-18-6-4-3-5-7-18)15-19-8-9-21-20(14-19)16-25(12-13-28-21)22(27)23-2/h3-9,14H,10-13,15-16H2,1-2H3,(H,23,27). The van der Waals surface area contributed by atoms with Crippen LogP contribution in [0.5, 0.6) is 5.75 Å². The molecule has 0 atom stereocenters. The van der Waals surface area contributed by atoms with Crippen molar-refractivity contribution < 1.29 is 14.3 Å². The maximum atomic E-state index is 12.1. The van der Waals surface area contributed by atoms with Crippen LogP contribution in [0.15, 0.2) is 48.5 Å². The van der Waals surface area contributed by atoms with Crippen LogP contribution in [0.3, 0.4) is 0 Å². The lowest BCUT2D eigenvalue weighted by molar-refractivity contribution is -0.129. The van der Waals surface area contributed by atoms with Crippen LogP contribution in [0, 0.1) is 0 Å². The Kier molecular flexibility index (Phi) is 6.53. The number of benzene rings is 2. The van der Waals surface area contributed by atoms with E-state index in [1.807, 2.05) is 41.3 Å². The van der Waals surface area contributed by atoms with Crippen LogP contribution < -0.4 is 10.1 Å². The van der Waals surface area contributed by atoms with Crippen molar-refractivity contribution in [2.45, 2.75) is 26.4 Å². The summed E-state index contributed by atoms with van der Waals surface area (Å²) in [5.74, 6) is 0.850. The summed E-state index contributed by atoms with van der Waals surface area (Å²) in [7, 11) is 1.63. The van der Waals surface area contributed by atoms with Gasteiger partial charge in [0.25, 0.3) is 0 Å². The van der Waals surface area contributed by atoms with E-state index in [1.54, 1.807) is 18.9 Å². The van der Waals surface area contributed by atoms with E-state index in [9.17, 15) is 9.59 Å². The first-order valence-corrected chi connectivity index (χ1v) is 9.57. The molecular weight excluding hydrogens is 354 g/mol. The van der Waals surface area contributed by atoms with E-state index in [1.165, 1.54) is 5.56 Å². The number of hydrogen-bond donors (Lipinski definition) is 1. The van der Waals surface area contributed by atoms with Gasteiger partial charge in [-0.05, 0) is 29.7 Å². The first-order chi connectivity index (χ1) is 13.6. The number of nitrogens with zero attached hydrogens (tertiary/aromatic N) is 2. The number of fused-ring (bicyclic) bond motifs is 1. The zero-order valence-corrected chi connectivity index (χ0v) is 16.5. The van der Waals surface area contributed by atoms with E-state index >= 15 is 0 Å². The molecule has 2 aromatic carbocycles. The van der Waals surface area contributed by atoms with Crippen LogP contribution in [0.25, 0.3) is 0 Å². The van der Waals surface area contributed by atoms with Crippen molar-refractivity contribution in [3.63, 3.8) is 0 Å². The average molecular weight is 381 g/mol. The van der Waals surface area contributed by atoms with Gasteiger partial charge in [0.15, 0.2) is 0 Å². The summed E-state index contributed by atoms with van der Waals surface area (Å²) in [6.07, 6.45) is 0.818. The highest BCUT2D eigenvalue weighted by Crippen LogP contribution is 2.25. The van der Waals surface area contributed by atoms with Crippen LogP contribution in [0.1, 0.15) is 23.6 Å². The number of nitrogens with one attached hydrogen (secondary N) is 1. The lowest BCUT2D eigenvalue weighted by Gasteiger charge is -2.22. The Morgan fingerprint density at radius 3 is 2.64 bits per heavy atom. The van der Waals surface area contributed by atoms with Crippen LogP contribution >= 0.6 is 0 Å². The quantitative estimate of drug-likeness (QED) is 0.866. The molecule has 3 rings (SSSR count). The molecule has 1 N–H and O–H groups in total. The summed E-state index contributed by atoms with van der Waals surface area (Å²) in [5.41, 5.74) is 3.21. The SMILES string of the molecule is CNC(=O)N1CCOc2ccc(CN(CCc3ccccc3)C(C)=O)cc2C1. The maximum absolute atomic E-state index is 12.1. The van der Waals surface area contributed by atoms with Gasteiger partial charge in [0.05, 0.1) is 13.1 Å². The van der Waals surface area contributed by atoms with Crippen molar-refractivity contribution in [3.05, 3.63) is 65.2 Å². The number of urea groups is 1. The van der Waals surface area contributed by atoms with E-state index < -0.39 is 0 Å². The molecule has 1 heterocycles. The molecule has 0 saturated heterocycles. The molecule has 0 fully saturated rings. The molecule has 0 unspecified atom stereocenters. The molecule has 6 nitrogen and oxygen atoms in total. The van der Waals surface area contributed by atoms with Crippen molar-refractivity contribution in [2.75, 3.05) is 26.7 Å². The second-order valence-electron chi connectivity index (χ2n) is 6.94. The molecular formula is C22H27N3O3. The Labute approximate surface area is 166 Å². The minimum absolute atomic E-state index is 0.0501. The van der Waals surface area contributed by atoms with E-state index in [4.69, 9.17) is 4.74 Å². The smallest absolute Gasteiger partial charge is 0.317 e. The summed E-state index contributed by atoms with van der Waals surface area (Å²) in [4.78, 5) is 27.7. The van der Waals surface area contributed by atoms with E-state index in [0.717, 1.165) is 23.3 Å². The first-order valence-electron chi connectivity index (χ1n) is 9.57. The molecule has 0 bridgehead atoms. The topological polar surface area (TPSA) is 61.9 Å². The third kappa shape index (κ3) is 5.03. The van der Waals surface area contributed by atoms with Gasteiger partial charge < -0.3 is 19.9 Å². The highest BCUT2D eigenvalue weighted by atomic mass is 16.5. The van der Waals surface area contributed by atoms with Gasteiger partial charge in [0.2, 0.25) is 5.91 Å². The number of carbonyl (C=O) groups excluding carboxylic acids is 2. The van der Waals surface area contributed by atoms with Crippen molar-refractivity contribution in [2.24, 2.45) is 0 Å². The summed E-state index contributed by atoms with van der Waals surface area (Å²) in [5, 5.41) is 2.67. The highest BCUT2D eigenvalue weighted by Gasteiger charge is 2.20. The molecule has 28 heavy (non-hydrogen) atoms. The largest absolute Gasteiger partial charge is 0.491 e. The Morgan fingerprint density at radius 2 is 1.93 bits per heavy atom. The summed E-state index contributed by atoms with van der Waals surface area (Å²) in [6.45, 7) is 4.31. The van der Waals surface area contributed by atoms with E-state index in [0.29, 0.717) is 32.8 Å². The zero-order chi connectivity index (χ0) is 19.9. The van der Waals surface area contributed by atoms with Crippen LogP contribution in [-0.4, -0.2) is 48.5 Å². The van der Waals surface area contributed by atoms with Gasteiger partial charge in [-0.1, -0.05) is 36.4 Å².